The lowest BCUT2D eigenvalue weighted by molar-refractivity contribution is -0.252. The second kappa shape index (κ2) is 5.34. The molecule has 2 unspecified atom stereocenters. The van der Waals surface area contributed by atoms with E-state index in [1.807, 2.05) is 18.2 Å². The maximum absolute atomic E-state index is 12.5. The number of carboxylic acid groups (broad SMARTS) is 1. The van der Waals surface area contributed by atoms with Gasteiger partial charge in [0.25, 0.3) is 0 Å². The van der Waals surface area contributed by atoms with E-state index in [1.165, 1.54) is 6.92 Å². The number of hydrogen-bond acceptors (Lipinski definition) is 5. The van der Waals surface area contributed by atoms with Crippen molar-refractivity contribution in [2.24, 2.45) is 9.98 Å². The minimum Gasteiger partial charge on any atom is -0.530 e. The van der Waals surface area contributed by atoms with Gasteiger partial charge in [0.05, 0.1) is 21.5 Å². The largest absolute Gasteiger partial charge is 0.530 e. The first-order valence-corrected chi connectivity index (χ1v) is 7.68. The predicted octanol–water partition coefficient (Wildman–Crippen LogP) is -0.287. The van der Waals surface area contributed by atoms with Gasteiger partial charge in [0, 0.05) is 16.7 Å². The lowest BCUT2D eigenvalue weighted by atomic mass is 10.3. The number of carbonyl (C=O) groups is 1. The Bertz CT molecular complexity index is 883. The van der Waals surface area contributed by atoms with Crippen LogP contribution in [0.4, 0.5) is 4.79 Å². The highest BCUT2D eigenvalue weighted by Gasteiger charge is 2.24. The summed E-state index contributed by atoms with van der Waals surface area (Å²) in [5.41, 5.74) is 0. The van der Waals surface area contributed by atoms with E-state index in [1.54, 1.807) is 30.3 Å². The first-order chi connectivity index (χ1) is 10.5. The summed E-state index contributed by atoms with van der Waals surface area (Å²) in [5, 5.41) is 13.9. The molecular formula is C15H12N3O3S-. The average Bonchev–Trinajstić information content (AvgIpc) is 2.81. The zero-order valence-electron chi connectivity index (χ0n) is 11.6. The molecule has 2 atom stereocenters. The van der Waals surface area contributed by atoms with Crippen molar-refractivity contribution < 1.29 is 14.1 Å². The summed E-state index contributed by atoms with van der Waals surface area (Å²) in [4.78, 5) is 20.4. The zero-order valence-corrected chi connectivity index (χ0v) is 12.5. The minimum atomic E-state index is -1.45. The molecule has 0 aliphatic carbocycles. The van der Waals surface area contributed by atoms with E-state index in [2.05, 4.69) is 15.3 Å². The third-order valence-electron chi connectivity index (χ3n) is 3.13. The molecule has 0 aromatic heterocycles. The van der Waals surface area contributed by atoms with Crippen LogP contribution in [0.15, 0.2) is 68.3 Å². The van der Waals surface area contributed by atoms with E-state index in [0.29, 0.717) is 20.5 Å². The SMILES string of the molecule is CC1(NC(=O)[O-])N=c2ccc(S(=O)c3ccccc3)cc2=N1. The van der Waals surface area contributed by atoms with Gasteiger partial charge >= 0.3 is 0 Å². The van der Waals surface area contributed by atoms with Gasteiger partial charge in [0.15, 0.2) is 0 Å². The van der Waals surface area contributed by atoms with Gasteiger partial charge in [-0.15, -0.1) is 0 Å². The van der Waals surface area contributed by atoms with E-state index in [9.17, 15) is 14.1 Å². The molecule has 7 heteroatoms. The van der Waals surface area contributed by atoms with Gasteiger partial charge in [-0.25, -0.2) is 14.2 Å². The number of rotatable bonds is 3. The van der Waals surface area contributed by atoms with E-state index in [4.69, 9.17) is 0 Å². The number of amides is 1. The Kier molecular flexibility index (Phi) is 3.50. The van der Waals surface area contributed by atoms with Crippen molar-refractivity contribution >= 4 is 16.9 Å². The van der Waals surface area contributed by atoms with Crippen LogP contribution >= 0.6 is 0 Å². The summed E-state index contributed by atoms with van der Waals surface area (Å²) in [6.45, 7) is 1.52. The Morgan fingerprint density at radius 2 is 1.77 bits per heavy atom. The standard InChI is InChI=1S/C15H13N3O3S/c1-15(18-14(19)20)16-12-8-7-11(9-13(12)17-15)22(21)10-5-3-2-4-6-10/h2-9,18H,1H3,(H,19,20)/p-1. The molecule has 22 heavy (non-hydrogen) atoms. The summed E-state index contributed by atoms with van der Waals surface area (Å²) >= 11 is 0. The smallest absolute Gasteiger partial charge is 0.224 e. The van der Waals surface area contributed by atoms with Crippen LogP contribution in [0.2, 0.25) is 0 Å². The number of benzene rings is 2. The van der Waals surface area contributed by atoms with Crippen LogP contribution in [0.5, 0.6) is 0 Å². The Morgan fingerprint density at radius 3 is 2.45 bits per heavy atom. The first-order valence-electron chi connectivity index (χ1n) is 6.53. The van der Waals surface area contributed by atoms with Crippen molar-refractivity contribution in [3.05, 3.63) is 59.2 Å². The Labute approximate surface area is 128 Å². The molecule has 1 aliphatic heterocycles. The highest BCUT2D eigenvalue weighted by Crippen LogP contribution is 2.15. The second-order valence-electron chi connectivity index (χ2n) is 4.89. The molecule has 2 aromatic rings. The number of carbonyl (C=O) groups excluding carboxylic acids is 1. The molecule has 0 radical (unpaired) electrons. The molecule has 3 rings (SSSR count). The van der Waals surface area contributed by atoms with E-state index in [-0.39, 0.29) is 0 Å². The first kappa shape index (κ1) is 14.4. The van der Waals surface area contributed by atoms with Gasteiger partial charge in [0.2, 0.25) is 5.79 Å². The summed E-state index contributed by atoms with van der Waals surface area (Å²) in [6, 6.07) is 14.1. The van der Waals surface area contributed by atoms with Crippen LogP contribution in [-0.4, -0.2) is 16.1 Å². The quantitative estimate of drug-likeness (QED) is 0.843. The molecule has 0 fully saturated rings. The lowest BCUT2D eigenvalue weighted by Gasteiger charge is -2.20. The van der Waals surface area contributed by atoms with Crippen molar-refractivity contribution in [1.29, 1.82) is 0 Å². The van der Waals surface area contributed by atoms with Crippen molar-refractivity contribution in [3.63, 3.8) is 0 Å². The van der Waals surface area contributed by atoms with Gasteiger partial charge in [-0.05, 0) is 30.3 Å². The average molecular weight is 314 g/mol. The van der Waals surface area contributed by atoms with Crippen LogP contribution in [0.25, 0.3) is 0 Å². The molecule has 1 N–H and O–H groups in total. The second-order valence-corrected chi connectivity index (χ2v) is 6.37. The van der Waals surface area contributed by atoms with E-state index >= 15 is 0 Å². The van der Waals surface area contributed by atoms with Crippen molar-refractivity contribution in [1.82, 2.24) is 5.32 Å². The minimum absolute atomic E-state index is 0.498. The highest BCUT2D eigenvalue weighted by atomic mass is 32.2. The molecule has 0 saturated carbocycles. The van der Waals surface area contributed by atoms with Crippen molar-refractivity contribution in [2.75, 3.05) is 0 Å². The summed E-state index contributed by atoms with van der Waals surface area (Å²) in [7, 11) is -1.33. The van der Waals surface area contributed by atoms with Gasteiger partial charge < -0.3 is 15.2 Å². The predicted molar refractivity (Wildman–Crippen MR) is 76.8 cm³/mol. The van der Waals surface area contributed by atoms with Gasteiger partial charge in [0.1, 0.15) is 6.09 Å². The topological polar surface area (TPSA) is 94.0 Å². The van der Waals surface area contributed by atoms with Crippen molar-refractivity contribution in [2.45, 2.75) is 22.5 Å². The summed E-state index contributed by atoms with van der Waals surface area (Å²) in [5.74, 6) is -1.30. The molecule has 0 bridgehead atoms. The molecule has 1 aliphatic rings. The fraction of sp³-hybridized carbons (Fsp3) is 0.133. The maximum Gasteiger partial charge on any atom is 0.224 e. The monoisotopic (exact) mass is 314 g/mol. The van der Waals surface area contributed by atoms with E-state index < -0.39 is 22.7 Å². The maximum atomic E-state index is 12.5. The fourth-order valence-corrected chi connectivity index (χ4v) is 3.31. The Balaban J connectivity index is 2.00. The van der Waals surface area contributed by atoms with Crippen LogP contribution in [0.3, 0.4) is 0 Å². The molecule has 1 amide bonds. The van der Waals surface area contributed by atoms with Gasteiger partial charge in [-0.1, -0.05) is 18.2 Å². The number of nitrogens with one attached hydrogen (secondary N) is 1. The zero-order chi connectivity index (χ0) is 15.7. The summed E-state index contributed by atoms with van der Waals surface area (Å²) in [6.07, 6.45) is -1.45. The Hall–Kier alpha value is -2.54. The number of hydrogen-bond donors (Lipinski definition) is 1. The van der Waals surface area contributed by atoms with Gasteiger partial charge in [-0.2, -0.15) is 0 Å². The van der Waals surface area contributed by atoms with Crippen LogP contribution in [0, 0.1) is 0 Å². The van der Waals surface area contributed by atoms with Crippen LogP contribution in [-0.2, 0) is 10.8 Å². The molecule has 1 heterocycles. The fourth-order valence-electron chi connectivity index (χ4n) is 2.23. The number of nitrogens with zero attached hydrogens (tertiary/aromatic N) is 2. The molecule has 0 saturated heterocycles. The van der Waals surface area contributed by atoms with Crippen LogP contribution in [0.1, 0.15) is 6.92 Å². The molecule has 0 spiro atoms. The molecule has 2 aromatic carbocycles. The normalized spacial score (nSPS) is 20.4. The third kappa shape index (κ3) is 2.75. The number of fused-ring (bicyclic) bond motifs is 1. The Morgan fingerprint density at radius 1 is 1.09 bits per heavy atom. The lowest BCUT2D eigenvalue weighted by Crippen LogP contribution is -2.48. The van der Waals surface area contributed by atoms with E-state index in [0.717, 1.165) is 0 Å². The van der Waals surface area contributed by atoms with Gasteiger partial charge in [-0.3, -0.25) is 0 Å². The molecular weight excluding hydrogens is 302 g/mol. The third-order valence-corrected chi connectivity index (χ3v) is 4.52. The summed E-state index contributed by atoms with van der Waals surface area (Å²) < 4.78 is 12.5. The van der Waals surface area contributed by atoms with Crippen molar-refractivity contribution in [3.8, 4) is 0 Å². The molecule has 6 nitrogen and oxygen atoms in total. The highest BCUT2D eigenvalue weighted by molar-refractivity contribution is 7.85. The molecule has 112 valence electrons. The van der Waals surface area contributed by atoms with Crippen LogP contribution < -0.4 is 21.1 Å².